The third kappa shape index (κ3) is 2.22. The molecule has 0 unspecified atom stereocenters. The number of hydrogen-bond donors (Lipinski definition) is 1. The van der Waals surface area contributed by atoms with Crippen molar-refractivity contribution in [3.8, 4) is 0 Å². The van der Waals surface area contributed by atoms with Crippen molar-refractivity contribution in [1.29, 1.82) is 0 Å². The highest BCUT2D eigenvalue weighted by atomic mass is 32.1. The van der Waals surface area contributed by atoms with Crippen LogP contribution in [0.3, 0.4) is 0 Å². The summed E-state index contributed by atoms with van der Waals surface area (Å²) >= 11 is 0.924. The highest BCUT2D eigenvalue weighted by Crippen LogP contribution is 2.30. The fourth-order valence-electron chi connectivity index (χ4n) is 2.45. The van der Waals surface area contributed by atoms with Crippen molar-refractivity contribution in [1.82, 2.24) is 9.97 Å². The van der Waals surface area contributed by atoms with Gasteiger partial charge >= 0.3 is 0 Å². The number of benzene rings is 1. The van der Waals surface area contributed by atoms with Crippen LogP contribution in [0.25, 0.3) is 0 Å². The summed E-state index contributed by atoms with van der Waals surface area (Å²) in [5.41, 5.74) is 1.14. The van der Waals surface area contributed by atoms with Gasteiger partial charge in [-0.15, -0.1) is 11.3 Å². The van der Waals surface area contributed by atoms with Crippen LogP contribution in [0.5, 0.6) is 0 Å². The third-order valence-electron chi connectivity index (χ3n) is 3.58. The predicted molar refractivity (Wildman–Crippen MR) is 87.6 cm³/mol. The molecular weight excluding hydrogens is 326 g/mol. The molecule has 0 fully saturated rings. The first-order valence-corrected chi connectivity index (χ1v) is 7.87. The van der Waals surface area contributed by atoms with Gasteiger partial charge in [0.05, 0.1) is 5.56 Å². The van der Waals surface area contributed by atoms with E-state index in [9.17, 15) is 14.4 Å². The van der Waals surface area contributed by atoms with Crippen LogP contribution < -0.4 is 5.32 Å². The Morgan fingerprint density at radius 2 is 1.79 bits per heavy atom. The number of hydrogen-bond acceptors (Lipinski definition) is 6. The van der Waals surface area contributed by atoms with Crippen molar-refractivity contribution < 1.29 is 14.4 Å². The Balaban J connectivity index is 1.71. The Kier molecular flexibility index (Phi) is 3.28. The van der Waals surface area contributed by atoms with Crippen molar-refractivity contribution in [3.63, 3.8) is 0 Å². The van der Waals surface area contributed by atoms with E-state index >= 15 is 0 Å². The van der Waals surface area contributed by atoms with Gasteiger partial charge in [-0.25, -0.2) is 4.98 Å². The molecular formula is C17H9N3O3S. The lowest BCUT2D eigenvalue weighted by molar-refractivity contribution is 0.0978. The number of nitrogens with zero attached hydrogens (tertiary/aromatic N) is 2. The van der Waals surface area contributed by atoms with Gasteiger partial charge in [0.1, 0.15) is 10.6 Å². The maximum atomic E-state index is 12.5. The minimum Gasteiger partial charge on any atom is -0.320 e. The monoisotopic (exact) mass is 335 g/mol. The Bertz CT molecular complexity index is 943. The zero-order valence-electron chi connectivity index (χ0n) is 12.1. The Hall–Kier alpha value is -3.19. The fourth-order valence-corrected chi connectivity index (χ4v) is 3.37. The van der Waals surface area contributed by atoms with Crippen LogP contribution in [0.4, 0.5) is 5.69 Å². The first kappa shape index (κ1) is 14.4. The van der Waals surface area contributed by atoms with E-state index in [1.807, 2.05) is 6.07 Å². The lowest BCUT2D eigenvalue weighted by atomic mass is 9.93. The molecule has 0 saturated heterocycles. The highest BCUT2D eigenvalue weighted by molar-refractivity contribution is 7.16. The van der Waals surface area contributed by atoms with Gasteiger partial charge < -0.3 is 5.32 Å². The number of amides is 1. The summed E-state index contributed by atoms with van der Waals surface area (Å²) in [7, 11) is 0. The number of para-hydroxylation sites is 1. The maximum Gasteiger partial charge on any atom is 0.284 e. The van der Waals surface area contributed by atoms with Gasteiger partial charge in [0.25, 0.3) is 5.91 Å². The molecule has 1 aliphatic rings. The molecule has 3 aromatic rings. The van der Waals surface area contributed by atoms with Gasteiger partial charge in [-0.3, -0.25) is 19.4 Å². The van der Waals surface area contributed by atoms with Gasteiger partial charge in [0.2, 0.25) is 11.6 Å². The molecule has 0 radical (unpaired) electrons. The number of nitrogens with one attached hydrogen (secondary N) is 1. The van der Waals surface area contributed by atoms with Crippen molar-refractivity contribution >= 4 is 34.5 Å². The van der Waals surface area contributed by atoms with E-state index in [1.54, 1.807) is 24.3 Å². The molecule has 4 rings (SSSR count). The molecule has 24 heavy (non-hydrogen) atoms. The van der Waals surface area contributed by atoms with Crippen LogP contribution in [0, 0.1) is 0 Å². The number of pyridine rings is 1. The minimum absolute atomic E-state index is 0.0173. The van der Waals surface area contributed by atoms with Crippen molar-refractivity contribution in [2.24, 2.45) is 0 Å². The van der Waals surface area contributed by atoms with Gasteiger partial charge in [-0.2, -0.15) is 0 Å². The molecule has 1 amide bonds. The van der Waals surface area contributed by atoms with Crippen LogP contribution in [0.1, 0.15) is 41.1 Å². The Morgan fingerprint density at radius 3 is 2.58 bits per heavy atom. The summed E-state index contributed by atoms with van der Waals surface area (Å²) in [6, 6.07) is 10.4. The molecule has 0 bridgehead atoms. The second-order valence-corrected chi connectivity index (χ2v) is 6.10. The van der Waals surface area contributed by atoms with E-state index < -0.39 is 5.91 Å². The molecule has 2 heterocycles. The molecule has 2 aromatic heterocycles. The lowest BCUT2D eigenvalue weighted by Crippen LogP contribution is -2.20. The summed E-state index contributed by atoms with van der Waals surface area (Å²) in [4.78, 5) is 45.4. The van der Waals surface area contributed by atoms with Crippen molar-refractivity contribution in [3.05, 3.63) is 75.5 Å². The summed E-state index contributed by atoms with van der Waals surface area (Å²) in [5, 5.41) is 2.77. The molecule has 1 aromatic carbocycles. The molecule has 0 saturated carbocycles. The first-order chi connectivity index (χ1) is 11.6. The average Bonchev–Trinajstić information content (AvgIpc) is 3.07. The third-order valence-corrected chi connectivity index (χ3v) is 4.64. The molecule has 0 atom stereocenters. The van der Waals surface area contributed by atoms with Gasteiger partial charge in [0, 0.05) is 23.6 Å². The number of anilines is 1. The average molecular weight is 335 g/mol. The summed E-state index contributed by atoms with van der Waals surface area (Å²) in [6.45, 7) is 0. The number of ketones is 2. The molecule has 1 aliphatic carbocycles. The predicted octanol–water partition coefficient (Wildman–Crippen LogP) is 2.57. The van der Waals surface area contributed by atoms with Crippen LogP contribution in [0.2, 0.25) is 0 Å². The standard InChI is InChI=1S/C17H9N3O3S/c21-13-11-8-18-7-6-10(11)14(22)15-12(13)20-17(24-15)16(23)19-9-4-2-1-3-5-9/h1-8H,(H,19,23). The van der Waals surface area contributed by atoms with Crippen LogP contribution in [-0.2, 0) is 0 Å². The molecule has 1 N–H and O–H groups in total. The molecule has 116 valence electrons. The quantitative estimate of drug-likeness (QED) is 0.608. The second kappa shape index (κ2) is 5.47. The second-order valence-electron chi connectivity index (χ2n) is 5.10. The molecule has 0 spiro atoms. The van der Waals surface area contributed by atoms with Crippen LogP contribution >= 0.6 is 11.3 Å². The Labute approximate surface area is 140 Å². The number of fused-ring (bicyclic) bond motifs is 2. The summed E-state index contributed by atoms with van der Waals surface area (Å²) in [5.74, 6) is -1.15. The van der Waals surface area contributed by atoms with E-state index in [-0.39, 0.29) is 32.7 Å². The van der Waals surface area contributed by atoms with E-state index in [0.29, 0.717) is 11.3 Å². The fraction of sp³-hybridized carbons (Fsp3) is 0. The Morgan fingerprint density at radius 1 is 1.00 bits per heavy atom. The summed E-state index contributed by atoms with van der Waals surface area (Å²) in [6.07, 6.45) is 2.81. The van der Waals surface area contributed by atoms with Crippen molar-refractivity contribution in [2.45, 2.75) is 0 Å². The number of carbonyl (C=O) groups is 3. The largest absolute Gasteiger partial charge is 0.320 e. The van der Waals surface area contributed by atoms with Gasteiger partial charge in [-0.1, -0.05) is 18.2 Å². The molecule has 7 heteroatoms. The zero-order chi connectivity index (χ0) is 16.7. The van der Waals surface area contributed by atoms with Crippen LogP contribution in [0.15, 0.2) is 48.8 Å². The van der Waals surface area contributed by atoms with Crippen molar-refractivity contribution in [2.75, 3.05) is 5.32 Å². The van der Waals surface area contributed by atoms with Gasteiger partial charge in [0.15, 0.2) is 5.01 Å². The van der Waals surface area contributed by atoms with Gasteiger partial charge in [-0.05, 0) is 18.2 Å². The van der Waals surface area contributed by atoms with E-state index in [4.69, 9.17) is 0 Å². The highest BCUT2D eigenvalue weighted by Gasteiger charge is 2.34. The lowest BCUT2D eigenvalue weighted by Gasteiger charge is -2.11. The van der Waals surface area contributed by atoms with E-state index in [2.05, 4.69) is 15.3 Å². The topological polar surface area (TPSA) is 89.0 Å². The first-order valence-electron chi connectivity index (χ1n) is 7.06. The van der Waals surface area contributed by atoms with E-state index in [0.717, 1.165) is 11.3 Å². The van der Waals surface area contributed by atoms with Crippen LogP contribution in [-0.4, -0.2) is 27.4 Å². The normalized spacial score (nSPS) is 12.5. The number of aromatic nitrogens is 2. The smallest absolute Gasteiger partial charge is 0.284 e. The van der Waals surface area contributed by atoms with E-state index in [1.165, 1.54) is 18.5 Å². The maximum absolute atomic E-state index is 12.5. The zero-order valence-corrected chi connectivity index (χ0v) is 13.0. The minimum atomic E-state index is -0.455. The number of thiazole rings is 1. The SMILES string of the molecule is O=C(Nc1ccccc1)c1nc2c(s1)C(=O)c1ccncc1C2=O. The number of rotatable bonds is 2. The summed E-state index contributed by atoms with van der Waals surface area (Å²) < 4.78 is 0. The number of carbonyl (C=O) groups excluding carboxylic acids is 3. The molecule has 0 aliphatic heterocycles. The molecule has 6 nitrogen and oxygen atoms in total.